The first-order valence-electron chi connectivity index (χ1n) is 6.40. The van der Waals surface area contributed by atoms with Crippen LogP contribution in [0.25, 0.3) is 0 Å². The average Bonchev–Trinajstić information content (AvgIpc) is 3.11. The minimum Gasteiger partial charge on any atom is -0.481 e. The summed E-state index contributed by atoms with van der Waals surface area (Å²) in [7, 11) is -2.07. The molecule has 1 saturated carbocycles. The van der Waals surface area contributed by atoms with Crippen molar-refractivity contribution in [1.82, 2.24) is 0 Å². The summed E-state index contributed by atoms with van der Waals surface area (Å²) in [6, 6.07) is 8.91. The number of methoxy groups -OCH3 is 1. The molecule has 0 saturated heterocycles. The molecular formula is C14H18O5S. The molecular weight excluding hydrogens is 280 g/mol. The molecule has 1 fully saturated rings. The first-order chi connectivity index (χ1) is 9.41. The zero-order valence-corrected chi connectivity index (χ0v) is 12.3. The van der Waals surface area contributed by atoms with E-state index in [0.717, 1.165) is 5.56 Å². The second-order valence-corrected chi connectivity index (χ2v) is 7.45. The Morgan fingerprint density at radius 1 is 1.35 bits per heavy atom. The van der Waals surface area contributed by atoms with Crippen LogP contribution in [0.3, 0.4) is 0 Å². The summed E-state index contributed by atoms with van der Waals surface area (Å²) in [4.78, 5) is 11.7. The number of rotatable bonds is 6. The summed E-state index contributed by atoms with van der Waals surface area (Å²) in [6.07, 6.45) is 0. The molecule has 0 aromatic heterocycles. The van der Waals surface area contributed by atoms with Gasteiger partial charge in [0.1, 0.15) is 5.41 Å². The number of benzene rings is 1. The highest BCUT2D eigenvalue weighted by Crippen LogP contribution is 2.63. The van der Waals surface area contributed by atoms with Crippen LogP contribution in [0.2, 0.25) is 0 Å². The van der Waals surface area contributed by atoms with Crippen LogP contribution >= 0.6 is 0 Å². The number of hydrogen-bond donors (Lipinski definition) is 1. The van der Waals surface area contributed by atoms with Crippen LogP contribution in [0.4, 0.5) is 0 Å². The van der Waals surface area contributed by atoms with Crippen molar-refractivity contribution in [1.29, 1.82) is 0 Å². The lowest BCUT2D eigenvalue weighted by Gasteiger charge is -2.11. The van der Waals surface area contributed by atoms with E-state index in [2.05, 4.69) is 0 Å². The number of aliphatic carboxylic acids is 1. The van der Waals surface area contributed by atoms with Gasteiger partial charge in [0.2, 0.25) is 0 Å². The maximum Gasteiger partial charge on any atom is 0.314 e. The van der Waals surface area contributed by atoms with Crippen LogP contribution in [0.5, 0.6) is 0 Å². The lowest BCUT2D eigenvalue weighted by molar-refractivity contribution is -0.145. The fourth-order valence-electron chi connectivity index (χ4n) is 2.97. The Morgan fingerprint density at radius 3 is 2.40 bits per heavy atom. The molecule has 1 aromatic rings. The number of ether oxygens (including phenoxy) is 1. The third-order valence-electron chi connectivity index (χ3n) is 3.99. The van der Waals surface area contributed by atoms with E-state index in [4.69, 9.17) is 4.74 Å². The highest BCUT2D eigenvalue weighted by Gasteiger charge is 2.75. The second kappa shape index (κ2) is 5.18. The third kappa shape index (κ3) is 2.13. The molecule has 1 aromatic carbocycles. The van der Waals surface area contributed by atoms with E-state index >= 15 is 0 Å². The SMILES string of the molecule is CCS(=O)(=O)[C@H]1[C@@H](c2ccccc2)[C@@]1(COC)C(=O)O. The molecule has 6 heteroatoms. The van der Waals surface area contributed by atoms with Crippen LogP contribution in [-0.2, 0) is 19.4 Å². The van der Waals surface area contributed by atoms with Crippen molar-refractivity contribution in [3.63, 3.8) is 0 Å². The number of carboxylic acid groups (broad SMARTS) is 1. The van der Waals surface area contributed by atoms with Crippen molar-refractivity contribution in [2.24, 2.45) is 5.41 Å². The Kier molecular flexibility index (Phi) is 3.88. The summed E-state index contributed by atoms with van der Waals surface area (Å²) in [6.45, 7) is 1.43. The lowest BCUT2D eigenvalue weighted by Crippen LogP contribution is -2.29. The number of carboxylic acids is 1. The maximum absolute atomic E-state index is 12.2. The summed E-state index contributed by atoms with van der Waals surface area (Å²) in [5, 5.41) is 8.63. The molecule has 0 heterocycles. The predicted octanol–water partition coefficient (Wildman–Crippen LogP) is 1.30. The summed E-state index contributed by atoms with van der Waals surface area (Å²) in [5.74, 6) is -1.74. The molecule has 1 aliphatic carbocycles. The molecule has 2 rings (SSSR count). The van der Waals surface area contributed by atoms with E-state index in [1.165, 1.54) is 14.0 Å². The van der Waals surface area contributed by atoms with Gasteiger partial charge in [-0.1, -0.05) is 37.3 Å². The first kappa shape index (κ1) is 15.0. The Balaban J connectivity index is 2.51. The van der Waals surface area contributed by atoms with Crippen molar-refractivity contribution in [2.75, 3.05) is 19.5 Å². The van der Waals surface area contributed by atoms with Gasteiger partial charge in [-0.15, -0.1) is 0 Å². The number of sulfone groups is 1. The average molecular weight is 298 g/mol. The Bertz CT molecular complexity index is 595. The van der Waals surface area contributed by atoms with Crippen LogP contribution in [0.15, 0.2) is 30.3 Å². The minimum absolute atomic E-state index is 0.0697. The molecule has 0 bridgehead atoms. The van der Waals surface area contributed by atoms with Gasteiger partial charge in [-0.3, -0.25) is 4.79 Å². The van der Waals surface area contributed by atoms with Gasteiger partial charge in [-0.05, 0) is 5.56 Å². The van der Waals surface area contributed by atoms with E-state index in [1.54, 1.807) is 24.3 Å². The molecule has 0 amide bonds. The van der Waals surface area contributed by atoms with Crippen LogP contribution in [0.1, 0.15) is 18.4 Å². The van der Waals surface area contributed by atoms with Crippen LogP contribution in [-0.4, -0.2) is 44.2 Å². The number of hydrogen-bond acceptors (Lipinski definition) is 4. The van der Waals surface area contributed by atoms with Gasteiger partial charge in [0.15, 0.2) is 9.84 Å². The molecule has 3 atom stereocenters. The van der Waals surface area contributed by atoms with E-state index in [0.29, 0.717) is 0 Å². The van der Waals surface area contributed by atoms with Gasteiger partial charge in [0.05, 0.1) is 11.9 Å². The summed E-state index contributed by atoms with van der Waals surface area (Å²) >= 11 is 0. The Morgan fingerprint density at radius 2 is 1.95 bits per heavy atom. The van der Waals surface area contributed by atoms with Gasteiger partial charge in [0.25, 0.3) is 0 Å². The van der Waals surface area contributed by atoms with Gasteiger partial charge < -0.3 is 9.84 Å². The fourth-order valence-corrected chi connectivity index (χ4v) is 5.02. The second-order valence-electron chi connectivity index (χ2n) is 5.04. The molecule has 5 nitrogen and oxygen atoms in total. The summed E-state index contributed by atoms with van der Waals surface area (Å²) < 4.78 is 29.4. The minimum atomic E-state index is -3.46. The molecule has 110 valence electrons. The number of carbonyl (C=O) groups is 1. The monoisotopic (exact) mass is 298 g/mol. The Labute approximate surface area is 118 Å². The van der Waals surface area contributed by atoms with Gasteiger partial charge in [-0.2, -0.15) is 0 Å². The molecule has 0 spiro atoms. The van der Waals surface area contributed by atoms with Gasteiger partial charge in [-0.25, -0.2) is 8.42 Å². The summed E-state index contributed by atoms with van der Waals surface area (Å²) in [5.41, 5.74) is -0.640. The first-order valence-corrected chi connectivity index (χ1v) is 8.12. The smallest absolute Gasteiger partial charge is 0.314 e. The standard InChI is InChI=1S/C14H18O5S/c1-3-20(17,18)12-11(10-7-5-4-6-8-10)14(12,9-19-2)13(15)16/h4-8,11-12H,3,9H2,1-2H3,(H,15,16)/t11-,12+,14-/m1/s1. The van der Waals surface area contributed by atoms with E-state index in [9.17, 15) is 18.3 Å². The molecule has 1 N–H and O–H groups in total. The van der Waals surface area contributed by atoms with E-state index in [1.807, 2.05) is 6.07 Å². The fraction of sp³-hybridized carbons (Fsp3) is 0.500. The highest BCUT2D eigenvalue weighted by molar-refractivity contribution is 7.92. The van der Waals surface area contributed by atoms with Crippen molar-refractivity contribution in [3.8, 4) is 0 Å². The highest BCUT2D eigenvalue weighted by atomic mass is 32.2. The lowest BCUT2D eigenvalue weighted by atomic mass is 10.0. The van der Waals surface area contributed by atoms with Crippen molar-refractivity contribution < 1.29 is 23.1 Å². The molecule has 0 radical (unpaired) electrons. The van der Waals surface area contributed by atoms with Gasteiger partial charge in [0, 0.05) is 18.8 Å². The zero-order chi connectivity index (χ0) is 15.0. The molecule has 1 aliphatic rings. The molecule has 20 heavy (non-hydrogen) atoms. The normalized spacial score (nSPS) is 29.1. The van der Waals surface area contributed by atoms with Crippen molar-refractivity contribution in [2.45, 2.75) is 18.1 Å². The zero-order valence-electron chi connectivity index (χ0n) is 11.4. The molecule has 0 aliphatic heterocycles. The predicted molar refractivity (Wildman–Crippen MR) is 74.4 cm³/mol. The van der Waals surface area contributed by atoms with Gasteiger partial charge >= 0.3 is 5.97 Å². The largest absolute Gasteiger partial charge is 0.481 e. The van der Waals surface area contributed by atoms with Crippen molar-refractivity contribution in [3.05, 3.63) is 35.9 Å². The Hall–Kier alpha value is -1.40. The third-order valence-corrected chi connectivity index (χ3v) is 6.26. The van der Waals surface area contributed by atoms with Crippen LogP contribution in [0, 0.1) is 5.41 Å². The topological polar surface area (TPSA) is 80.7 Å². The van der Waals surface area contributed by atoms with E-state index < -0.39 is 32.4 Å². The maximum atomic E-state index is 12.2. The molecule has 0 unspecified atom stereocenters. The van der Waals surface area contributed by atoms with Crippen LogP contribution < -0.4 is 0 Å². The quantitative estimate of drug-likeness (QED) is 0.856. The van der Waals surface area contributed by atoms with E-state index in [-0.39, 0.29) is 12.4 Å². The van der Waals surface area contributed by atoms with Crippen molar-refractivity contribution >= 4 is 15.8 Å².